The highest BCUT2D eigenvalue weighted by atomic mass is 19.3. The molecule has 0 nitrogen and oxygen atoms in total. The van der Waals surface area contributed by atoms with Crippen molar-refractivity contribution in [3.8, 4) is 0 Å². The van der Waals surface area contributed by atoms with Gasteiger partial charge in [-0.2, -0.15) is 0 Å². The molecule has 4 heteroatoms. The highest BCUT2D eigenvalue weighted by Crippen LogP contribution is 2.25. The Bertz CT molecular complexity index is 91.7. The molecule has 0 amide bonds. The molecule has 0 aliphatic rings. The van der Waals surface area contributed by atoms with Crippen LogP contribution in [0.2, 0.25) is 0 Å². The fourth-order valence-corrected chi connectivity index (χ4v) is 0.523. The number of hydrogen-bond donors (Lipinski definition) is 0. The van der Waals surface area contributed by atoms with Crippen molar-refractivity contribution >= 4 is 0 Å². The Labute approximate surface area is 57.2 Å². The van der Waals surface area contributed by atoms with Crippen molar-refractivity contribution in [1.29, 1.82) is 0 Å². The molecule has 10 heavy (non-hydrogen) atoms. The number of rotatable bonds is 4. The number of alkyl halides is 4. The van der Waals surface area contributed by atoms with E-state index in [4.69, 9.17) is 0 Å². The van der Waals surface area contributed by atoms with Crippen molar-refractivity contribution in [1.82, 2.24) is 0 Å². The average Bonchev–Trinajstić information content (AvgIpc) is 1.87. The molecule has 1 atom stereocenters. The molecule has 0 heterocycles. The summed E-state index contributed by atoms with van der Waals surface area (Å²) in [5.41, 5.74) is 0. The molecule has 0 aliphatic carbocycles. The highest BCUT2D eigenvalue weighted by molar-refractivity contribution is 4.69. The first-order valence-electron chi connectivity index (χ1n) is 3.09. The predicted molar refractivity (Wildman–Crippen MR) is 30.7 cm³/mol. The third-order valence-electron chi connectivity index (χ3n) is 1.20. The van der Waals surface area contributed by atoms with Crippen LogP contribution in [-0.4, -0.2) is 18.8 Å². The second-order valence-corrected chi connectivity index (χ2v) is 2.17. The van der Waals surface area contributed by atoms with Crippen molar-refractivity contribution in [2.45, 2.75) is 31.9 Å². The largest absolute Gasteiger partial charge is 0.250 e. The lowest BCUT2D eigenvalue weighted by molar-refractivity contribution is -0.0344. The van der Waals surface area contributed by atoms with Crippen LogP contribution in [0.3, 0.4) is 0 Å². The molecule has 0 aromatic heterocycles. The summed E-state index contributed by atoms with van der Waals surface area (Å²) in [7, 11) is 0. The maximum atomic E-state index is 12.2. The SMILES string of the molecule is CCC(F)(F)C[C@H](F)CF. The van der Waals surface area contributed by atoms with Gasteiger partial charge in [0.1, 0.15) is 12.8 Å². The number of halogens is 4. The van der Waals surface area contributed by atoms with Crippen LogP contribution in [-0.2, 0) is 0 Å². The fraction of sp³-hybridized carbons (Fsp3) is 1.00. The maximum Gasteiger partial charge on any atom is 0.250 e. The van der Waals surface area contributed by atoms with Gasteiger partial charge in [0.25, 0.3) is 5.92 Å². The van der Waals surface area contributed by atoms with E-state index in [1.807, 2.05) is 0 Å². The van der Waals surface area contributed by atoms with Gasteiger partial charge in [-0.3, -0.25) is 0 Å². The molecule has 0 aromatic carbocycles. The first kappa shape index (κ1) is 9.72. The summed E-state index contributed by atoms with van der Waals surface area (Å²) in [6.07, 6.45) is -3.46. The molecule has 0 N–H and O–H groups in total. The lowest BCUT2D eigenvalue weighted by Crippen LogP contribution is -2.21. The Hall–Kier alpha value is -0.280. The van der Waals surface area contributed by atoms with Gasteiger partial charge in [-0.15, -0.1) is 0 Å². The first-order chi connectivity index (χ1) is 4.52. The second-order valence-electron chi connectivity index (χ2n) is 2.17. The average molecular weight is 158 g/mol. The van der Waals surface area contributed by atoms with E-state index in [1.54, 1.807) is 0 Å². The summed E-state index contributed by atoms with van der Waals surface area (Å²) in [6, 6.07) is 0. The molecule has 0 aromatic rings. The minimum absolute atomic E-state index is 0.437. The van der Waals surface area contributed by atoms with Crippen LogP contribution in [0.15, 0.2) is 0 Å². The molecular formula is C6H10F4. The summed E-state index contributed by atoms with van der Waals surface area (Å²) in [4.78, 5) is 0. The summed E-state index contributed by atoms with van der Waals surface area (Å²) in [5.74, 6) is -3.05. The van der Waals surface area contributed by atoms with Gasteiger partial charge in [0, 0.05) is 12.8 Å². The molecule has 0 radical (unpaired) electrons. The van der Waals surface area contributed by atoms with E-state index in [1.165, 1.54) is 6.92 Å². The lowest BCUT2D eigenvalue weighted by atomic mass is 10.1. The van der Waals surface area contributed by atoms with E-state index in [0.29, 0.717) is 0 Å². The Morgan fingerprint density at radius 1 is 1.40 bits per heavy atom. The monoisotopic (exact) mass is 158 g/mol. The molecule has 0 saturated carbocycles. The maximum absolute atomic E-state index is 12.2. The highest BCUT2D eigenvalue weighted by Gasteiger charge is 2.30. The first-order valence-corrected chi connectivity index (χ1v) is 3.09. The van der Waals surface area contributed by atoms with Crippen molar-refractivity contribution in [2.24, 2.45) is 0 Å². The molecule has 62 valence electrons. The molecule has 0 aliphatic heterocycles. The Kier molecular flexibility index (Phi) is 3.68. The Morgan fingerprint density at radius 3 is 2.20 bits per heavy atom. The molecule has 0 saturated heterocycles. The molecule has 0 unspecified atom stereocenters. The van der Waals surface area contributed by atoms with Crippen LogP contribution in [0.4, 0.5) is 17.6 Å². The zero-order valence-corrected chi connectivity index (χ0v) is 5.71. The van der Waals surface area contributed by atoms with Crippen LogP contribution in [0.5, 0.6) is 0 Å². The van der Waals surface area contributed by atoms with E-state index < -0.39 is 31.6 Å². The van der Waals surface area contributed by atoms with Gasteiger partial charge in [-0.05, 0) is 0 Å². The summed E-state index contributed by atoms with van der Waals surface area (Å²) in [6.45, 7) is -0.0828. The van der Waals surface area contributed by atoms with E-state index >= 15 is 0 Å². The fourth-order valence-electron chi connectivity index (χ4n) is 0.523. The van der Waals surface area contributed by atoms with Crippen LogP contribution < -0.4 is 0 Å². The molecule has 0 bridgehead atoms. The predicted octanol–water partition coefficient (Wildman–Crippen LogP) is 2.73. The summed E-state index contributed by atoms with van der Waals surface area (Å²) < 4.78 is 47.7. The molecule has 0 spiro atoms. The standard InChI is InChI=1S/C6H10F4/c1-2-6(9,10)3-5(8)4-7/h5H,2-4H2,1H3/t5-/m0/s1. The lowest BCUT2D eigenvalue weighted by Gasteiger charge is -2.14. The van der Waals surface area contributed by atoms with Gasteiger partial charge in [-0.25, -0.2) is 17.6 Å². The van der Waals surface area contributed by atoms with E-state index in [2.05, 4.69) is 0 Å². The quantitative estimate of drug-likeness (QED) is 0.552. The van der Waals surface area contributed by atoms with Crippen molar-refractivity contribution in [2.75, 3.05) is 6.67 Å². The molecular weight excluding hydrogens is 148 g/mol. The van der Waals surface area contributed by atoms with Gasteiger partial charge >= 0.3 is 0 Å². The van der Waals surface area contributed by atoms with E-state index in [-0.39, 0.29) is 0 Å². The van der Waals surface area contributed by atoms with E-state index in [0.717, 1.165) is 0 Å². The summed E-state index contributed by atoms with van der Waals surface area (Å²) >= 11 is 0. The van der Waals surface area contributed by atoms with Crippen LogP contribution >= 0.6 is 0 Å². The Morgan fingerprint density at radius 2 is 1.90 bits per heavy atom. The second kappa shape index (κ2) is 3.78. The zero-order valence-electron chi connectivity index (χ0n) is 5.71. The van der Waals surface area contributed by atoms with Crippen LogP contribution in [0.1, 0.15) is 19.8 Å². The van der Waals surface area contributed by atoms with Crippen molar-refractivity contribution in [3.05, 3.63) is 0 Å². The number of hydrogen-bond acceptors (Lipinski definition) is 0. The summed E-state index contributed by atoms with van der Waals surface area (Å²) in [5, 5.41) is 0. The van der Waals surface area contributed by atoms with Gasteiger partial charge in [0.15, 0.2) is 0 Å². The molecule has 0 rings (SSSR count). The normalized spacial score (nSPS) is 15.3. The topological polar surface area (TPSA) is 0 Å². The van der Waals surface area contributed by atoms with Gasteiger partial charge in [-0.1, -0.05) is 6.92 Å². The van der Waals surface area contributed by atoms with Crippen LogP contribution in [0.25, 0.3) is 0 Å². The third kappa shape index (κ3) is 3.69. The van der Waals surface area contributed by atoms with Crippen molar-refractivity contribution < 1.29 is 17.6 Å². The van der Waals surface area contributed by atoms with Crippen LogP contribution in [0, 0.1) is 0 Å². The van der Waals surface area contributed by atoms with Gasteiger partial charge < -0.3 is 0 Å². The van der Waals surface area contributed by atoms with Gasteiger partial charge in [0.2, 0.25) is 0 Å². The molecule has 0 fully saturated rings. The van der Waals surface area contributed by atoms with Gasteiger partial charge in [0.05, 0.1) is 0 Å². The minimum Gasteiger partial charge on any atom is -0.248 e. The van der Waals surface area contributed by atoms with E-state index in [9.17, 15) is 17.6 Å². The third-order valence-corrected chi connectivity index (χ3v) is 1.20. The van der Waals surface area contributed by atoms with Crippen molar-refractivity contribution in [3.63, 3.8) is 0 Å². The smallest absolute Gasteiger partial charge is 0.248 e. The minimum atomic E-state index is -3.05. The zero-order chi connectivity index (χ0) is 8.20. The Balaban J connectivity index is 3.64.